The van der Waals surface area contributed by atoms with Gasteiger partial charge in [-0.15, -0.1) is 0 Å². The van der Waals surface area contributed by atoms with Crippen LogP contribution in [-0.4, -0.2) is 68.5 Å². The predicted molar refractivity (Wildman–Crippen MR) is 128 cm³/mol. The minimum absolute atomic E-state index is 0.0293. The fourth-order valence-corrected chi connectivity index (χ4v) is 3.93. The highest BCUT2D eigenvalue weighted by molar-refractivity contribution is 5.94. The van der Waals surface area contributed by atoms with E-state index in [1.807, 2.05) is 18.2 Å². The third kappa shape index (κ3) is 6.31. The number of aliphatic imine (C=N–C) groups is 1. The number of fused-ring (bicyclic) bond motifs is 1. The summed E-state index contributed by atoms with van der Waals surface area (Å²) in [6.45, 7) is 5.96. The first kappa shape index (κ1) is 22.8. The molecule has 1 heterocycles. The summed E-state index contributed by atoms with van der Waals surface area (Å²) in [7, 11) is 5.35. The molecule has 0 spiro atoms. The van der Waals surface area contributed by atoms with Crippen LogP contribution >= 0.6 is 0 Å². The number of nitrogens with one attached hydrogen (secondary N) is 2. The van der Waals surface area contributed by atoms with Gasteiger partial charge in [0.1, 0.15) is 0 Å². The van der Waals surface area contributed by atoms with Gasteiger partial charge in [-0.3, -0.25) is 14.7 Å². The summed E-state index contributed by atoms with van der Waals surface area (Å²) < 4.78 is 0. The van der Waals surface area contributed by atoms with Crippen molar-refractivity contribution >= 4 is 11.9 Å². The maximum absolute atomic E-state index is 12.1. The largest absolute Gasteiger partial charge is 0.356 e. The van der Waals surface area contributed by atoms with Crippen molar-refractivity contribution in [1.82, 2.24) is 20.4 Å². The van der Waals surface area contributed by atoms with Crippen molar-refractivity contribution in [2.45, 2.75) is 32.4 Å². The molecule has 1 aliphatic heterocycles. The van der Waals surface area contributed by atoms with E-state index in [9.17, 15) is 4.79 Å². The molecule has 0 aliphatic carbocycles. The highest BCUT2D eigenvalue weighted by atomic mass is 16.2. The smallest absolute Gasteiger partial charge is 0.253 e. The van der Waals surface area contributed by atoms with Crippen LogP contribution in [0, 0.1) is 0 Å². The van der Waals surface area contributed by atoms with Crippen LogP contribution in [0.2, 0.25) is 0 Å². The molecule has 0 fully saturated rings. The van der Waals surface area contributed by atoms with Crippen molar-refractivity contribution in [3.05, 3.63) is 70.8 Å². The highest BCUT2D eigenvalue weighted by Gasteiger charge is 2.20. The molecule has 166 valence electrons. The van der Waals surface area contributed by atoms with Crippen LogP contribution < -0.4 is 10.6 Å². The Bertz CT molecular complexity index is 908. The molecule has 1 aliphatic rings. The molecular formula is C25H35N5O. The predicted octanol–water partition coefficient (Wildman–Crippen LogP) is 2.54. The average molecular weight is 422 g/mol. The zero-order valence-electron chi connectivity index (χ0n) is 19.2. The summed E-state index contributed by atoms with van der Waals surface area (Å²) in [5.41, 5.74) is 4.78. The fourth-order valence-electron chi connectivity index (χ4n) is 3.93. The SMILES string of the molecule is CN=C(NCCc1cccc(C(=O)N(C)C)c1)NCC(C)N1CCc2ccccc2C1. The molecule has 2 aromatic rings. The van der Waals surface area contributed by atoms with Crippen molar-refractivity contribution in [2.75, 3.05) is 40.8 Å². The van der Waals surface area contributed by atoms with Gasteiger partial charge in [-0.2, -0.15) is 0 Å². The topological polar surface area (TPSA) is 60.0 Å². The normalized spacial score (nSPS) is 15.2. The molecule has 2 aromatic carbocycles. The van der Waals surface area contributed by atoms with Crippen LogP contribution in [0.3, 0.4) is 0 Å². The van der Waals surface area contributed by atoms with Gasteiger partial charge in [0.05, 0.1) is 0 Å². The van der Waals surface area contributed by atoms with Gasteiger partial charge < -0.3 is 15.5 Å². The van der Waals surface area contributed by atoms with Gasteiger partial charge in [-0.25, -0.2) is 0 Å². The minimum Gasteiger partial charge on any atom is -0.356 e. The van der Waals surface area contributed by atoms with E-state index in [1.54, 1.807) is 26.0 Å². The second kappa shape index (κ2) is 11.0. The molecule has 2 N–H and O–H groups in total. The van der Waals surface area contributed by atoms with Crippen LogP contribution in [0.15, 0.2) is 53.5 Å². The Morgan fingerprint density at radius 2 is 1.90 bits per heavy atom. The Labute approximate surface area is 186 Å². The number of amides is 1. The molecule has 6 heteroatoms. The molecule has 31 heavy (non-hydrogen) atoms. The second-order valence-electron chi connectivity index (χ2n) is 8.37. The summed E-state index contributed by atoms with van der Waals surface area (Å²) in [5.74, 6) is 0.839. The zero-order valence-corrected chi connectivity index (χ0v) is 19.2. The third-order valence-corrected chi connectivity index (χ3v) is 5.86. The molecular weight excluding hydrogens is 386 g/mol. The molecule has 3 rings (SSSR count). The van der Waals surface area contributed by atoms with Crippen LogP contribution in [0.1, 0.15) is 34.0 Å². The van der Waals surface area contributed by atoms with E-state index >= 15 is 0 Å². The summed E-state index contributed by atoms with van der Waals surface area (Å²) in [6, 6.07) is 17.0. The van der Waals surface area contributed by atoms with E-state index in [0.717, 1.165) is 56.1 Å². The fraction of sp³-hybridized carbons (Fsp3) is 0.440. The molecule has 0 radical (unpaired) electrons. The van der Waals surface area contributed by atoms with Crippen molar-refractivity contribution in [2.24, 2.45) is 4.99 Å². The Hall–Kier alpha value is -2.86. The average Bonchev–Trinajstić information content (AvgIpc) is 2.80. The van der Waals surface area contributed by atoms with E-state index in [1.165, 1.54) is 11.1 Å². The van der Waals surface area contributed by atoms with Crippen LogP contribution in [0.4, 0.5) is 0 Å². The molecule has 1 amide bonds. The Balaban J connectivity index is 1.44. The number of carbonyl (C=O) groups is 1. The molecule has 1 atom stereocenters. The number of guanidine groups is 1. The van der Waals surface area contributed by atoms with E-state index in [-0.39, 0.29) is 5.91 Å². The van der Waals surface area contributed by atoms with Crippen LogP contribution in [-0.2, 0) is 19.4 Å². The monoisotopic (exact) mass is 421 g/mol. The Morgan fingerprint density at radius 1 is 1.13 bits per heavy atom. The van der Waals surface area contributed by atoms with Crippen molar-refractivity contribution < 1.29 is 4.79 Å². The second-order valence-corrected chi connectivity index (χ2v) is 8.37. The Morgan fingerprint density at radius 3 is 2.65 bits per heavy atom. The summed E-state index contributed by atoms with van der Waals surface area (Å²) in [5, 5.41) is 6.85. The van der Waals surface area contributed by atoms with Crippen molar-refractivity contribution in [3.63, 3.8) is 0 Å². The highest BCUT2D eigenvalue weighted by Crippen LogP contribution is 2.19. The van der Waals surface area contributed by atoms with Gasteiger partial charge in [0.25, 0.3) is 5.91 Å². The first-order chi connectivity index (χ1) is 15.0. The maximum atomic E-state index is 12.1. The molecule has 1 unspecified atom stereocenters. The molecule has 0 aromatic heterocycles. The number of hydrogen-bond acceptors (Lipinski definition) is 3. The van der Waals surface area contributed by atoms with E-state index < -0.39 is 0 Å². The first-order valence-electron chi connectivity index (χ1n) is 11.0. The van der Waals surface area contributed by atoms with Gasteiger partial charge in [-0.1, -0.05) is 36.4 Å². The van der Waals surface area contributed by atoms with E-state index in [0.29, 0.717) is 6.04 Å². The maximum Gasteiger partial charge on any atom is 0.253 e. The first-order valence-corrected chi connectivity index (χ1v) is 11.0. The van der Waals surface area contributed by atoms with Gasteiger partial charge in [0.2, 0.25) is 0 Å². The van der Waals surface area contributed by atoms with Crippen LogP contribution in [0.5, 0.6) is 0 Å². The van der Waals surface area contributed by atoms with E-state index in [2.05, 4.69) is 57.8 Å². The lowest BCUT2D eigenvalue weighted by atomic mass is 9.99. The van der Waals surface area contributed by atoms with Gasteiger partial charge in [0.15, 0.2) is 5.96 Å². The number of rotatable bonds is 7. The van der Waals surface area contributed by atoms with Crippen molar-refractivity contribution in [1.29, 1.82) is 0 Å². The lowest BCUT2D eigenvalue weighted by Crippen LogP contribution is -2.47. The zero-order chi connectivity index (χ0) is 22.2. The lowest BCUT2D eigenvalue weighted by molar-refractivity contribution is 0.0827. The van der Waals surface area contributed by atoms with Gasteiger partial charge >= 0.3 is 0 Å². The molecule has 0 saturated carbocycles. The third-order valence-electron chi connectivity index (χ3n) is 5.86. The minimum atomic E-state index is 0.0293. The van der Waals surface area contributed by atoms with Crippen molar-refractivity contribution in [3.8, 4) is 0 Å². The Kier molecular flexibility index (Phi) is 8.06. The summed E-state index contributed by atoms with van der Waals surface area (Å²) in [6.07, 6.45) is 1.94. The lowest BCUT2D eigenvalue weighted by Gasteiger charge is -2.34. The molecule has 0 saturated heterocycles. The van der Waals surface area contributed by atoms with Gasteiger partial charge in [0, 0.05) is 58.9 Å². The summed E-state index contributed by atoms with van der Waals surface area (Å²) in [4.78, 5) is 20.6. The van der Waals surface area contributed by atoms with E-state index in [4.69, 9.17) is 0 Å². The molecule has 6 nitrogen and oxygen atoms in total. The number of nitrogens with zero attached hydrogens (tertiary/aromatic N) is 3. The summed E-state index contributed by atoms with van der Waals surface area (Å²) >= 11 is 0. The quantitative estimate of drug-likeness (QED) is 0.533. The molecule has 0 bridgehead atoms. The number of hydrogen-bond donors (Lipinski definition) is 2. The van der Waals surface area contributed by atoms with Gasteiger partial charge in [-0.05, 0) is 48.6 Å². The van der Waals surface area contributed by atoms with Crippen LogP contribution in [0.25, 0.3) is 0 Å². The number of carbonyl (C=O) groups excluding carboxylic acids is 1. The number of benzene rings is 2. The standard InChI is InChI=1S/C25H35N5O/c1-19(30-15-13-21-9-5-6-10-23(21)18-30)17-28-25(26-2)27-14-12-20-8-7-11-22(16-20)24(31)29(3)4/h5-11,16,19H,12-15,17-18H2,1-4H3,(H2,26,27,28).